The Kier molecular flexibility index (Phi) is 5.63. The average Bonchev–Trinajstić information content (AvgIpc) is 2.56. The van der Waals surface area contributed by atoms with E-state index in [1.807, 2.05) is 12.6 Å². The third-order valence-corrected chi connectivity index (χ3v) is 10.1. The van der Waals surface area contributed by atoms with E-state index in [2.05, 4.69) is 20.8 Å². The smallest absolute Gasteiger partial charge is 0.333 e. The molecule has 26 heavy (non-hydrogen) atoms. The van der Waals surface area contributed by atoms with Crippen LogP contribution < -0.4 is 11.3 Å². The topological polar surface area (TPSA) is 83.6 Å². The van der Waals surface area contributed by atoms with E-state index in [0.29, 0.717) is 17.2 Å². The highest BCUT2D eigenvalue weighted by Crippen LogP contribution is 2.38. The minimum Gasteiger partial charge on any atom is -0.467 e. The SMILES string of the molecule is COC(=O)[C@@H](C)O[Si](C)(Cn1ccc2c(N)cccc2c1=O)C(C)(C)C. The van der Waals surface area contributed by atoms with Gasteiger partial charge in [-0.25, -0.2) is 4.79 Å². The van der Waals surface area contributed by atoms with Gasteiger partial charge in [-0.15, -0.1) is 0 Å². The van der Waals surface area contributed by atoms with Gasteiger partial charge in [0.15, 0.2) is 0 Å². The maximum atomic E-state index is 12.9. The summed E-state index contributed by atoms with van der Waals surface area (Å²) in [6, 6.07) is 7.19. The lowest BCUT2D eigenvalue weighted by Gasteiger charge is -2.41. The van der Waals surface area contributed by atoms with Crippen LogP contribution in [-0.4, -0.2) is 32.1 Å². The second-order valence-electron chi connectivity index (χ2n) is 7.82. The molecule has 142 valence electrons. The molecule has 7 heteroatoms. The van der Waals surface area contributed by atoms with Crippen LogP contribution in [0.15, 0.2) is 35.3 Å². The molecule has 2 atom stereocenters. The van der Waals surface area contributed by atoms with Gasteiger partial charge in [0, 0.05) is 28.8 Å². The average molecular weight is 377 g/mol. The van der Waals surface area contributed by atoms with Gasteiger partial charge in [0.25, 0.3) is 5.56 Å². The van der Waals surface area contributed by atoms with E-state index in [1.165, 1.54) is 7.11 Å². The molecule has 2 rings (SSSR count). The van der Waals surface area contributed by atoms with Gasteiger partial charge in [-0.2, -0.15) is 0 Å². The quantitative estimate of drug-likeness (QED) is 0.492. The zero-order valence-electron chi connectivity index (χ0n) is 16.3. The summed E-state index contributed by atoms with van der Waals surface area (Å²) < 4.78 is 12.7. The number of hydrogen-bond donors (Lipinski definition) is 1. The van der Waals surface area contributed by atoms with Crippen LogP contribution in [0.3, 0.4) is 0 Å². The summed E-state index contributed by atoms with van der Waals surface area (Å²) in [6.07, 6.45) is 1.51. The Morgan fingerprint density at radius 2 is 1.92 bits per heavy atom. The highest BCUT2D eigenvalue weighted by molar-refractivity contribution is 6.74. The second kappa shape index (κ2) is 7.24. The summed E-state index contributed by atoms with van der Waals surface area (Å²) in [6.45, 7) is 9.96. The van der Waals surface area contributed by atoms with E-state index in [-0.39, 0.29) is 10.6 Å². The third kappa shape index (κ3) is 3.83. The van der Waals surface area contributed by atoms with Crippen LogP contribution in [0.25, 0.3) is 10.8 Å². The molecule has 0 saturated carbocycles. The molecule has 0 aliphatic rings. The number of ether oxygens (including phenoxy) is 1. The molecule has 0 bridgehead atoms. The fraction of sp³-hybridized carbons (Fsp3) is 0.474. The maximum Gasteiger partial charge on any atom is 0.333 e. The number of methoxy groups -OCH3 is 1. The number of carbonyl (C=O) groups excluding carboxylic acids is 1. The van der Waals surface area contributed by atoms with Crippen molar-refractivity contribution >= 4 is 30.7 Å². The van der Waals surface area contributed by atoms with Gasteiger partial charge in [0.05, 0.1) is 7.11 Å². The van der Waals surface area contributed by atoms with E-state index >= 15 is 0 Å². The summed E-state index contributed by atoms with van der Waals surface area (Å²) >= 11 is 0. The lowest BCUT2D eigenvalue weighted by molar-refractivity contribution is -0.148. The number of hydrogen-bond acceptors (Lipinski definition) is 5. The molecule has 2 N–H and O–H groups in total. The van der Waals surface area contributed by atoms with Crippen molar-refractivity contribution in [2.24, 2.45) is 0 Å². The van der Waals surface area contributed by atoms with E-state index < -0.39 is 20.4 Å². The van der Waals surface area contributed by atoms with E-state index in [4.69, 9.17) is 14.9 Å². The van der Waals surface area contributed by atoms with Crippen molar-refractivity contribution in [1.82, 2.24) is 4.57 Å². The standard InChI is InChI=1S/C19H28N2O4Si/c1-13(18(23)24-5)25-26(6,19(2,3)4)12-21-11-10-14-15(17(21)22)8-7-9-16(14)20/h7-11,13H,12,20H2,1-6H3/t13-,26?/m1/s1. The molecule has 1 heterocycles. The fourth-order valence-corrected chi connectivity index (χ4v) is 5.53. The number of nitrogen functional groups attached to an aromatic ring is 1. The molecular weight excluding hydrogens is 348 g/mol. The Morgan fingerprint density at radius 1 is 1.27 bits per heavy atom. The van der Waals surface area contributed by atoms with Crippen LogP contribution in [0.2, 0.25) is 11.6 Å². The molecule has 0 amide bonds. The maximum absolute atomic E-state index is 12.9. The molecule has 0 aliphatic heterocycles. The van der Waals surface area contributed by atoms with Crippen molar-refractivity contribution in [1.29, 1.82) is 0 Å². The molecule has 1 aromatic carbocycles. The largest absolute Gasteiger partial charge is 0.467 e. The normalized spacial score (nSPS) is 15.5. The first kappa shape index (κ1) is 20.2. The summed E-state index contributed by atoms with van der Waals surface area (Å²) in [5.74, 6) is -0.411. The molecule has 1 aromatic heterocycles. The summed E-state index contributed by atoms with van der Waals surface area (Å²) in [4.78, 5) is 24.8. The van der Waals surface area contributed by atoms with Crippen molar-refractivity contribution in [3.05, 3.63) is 40.8 Å². The predicted octanol–water partition coefficient (Wildman–Crippen LogP) is 3.08. The van der Waals surface area contributed by atoms with Crippen LogP contribution in [0.5, 0.6) is 0 Å². The van der Waals surface area contributed by atoms with Gasteiger partial charge >= 0.3 is 5.97 Å². The van der Waals surface area contributed by atoms with Gasteiger partial charge in [-0.3, -0.25) is 4.79 Å². The van der Waals surface area contributed by atoms with Crippen molar-refractivity contribution in [2.45, 2.75) is 51.6 Å². The number of rotatable bonds is 5. The predicted molar refractivity (Wildman–Crippen MR) is 107 cm³/mol. The number of nitrogens with two attached hydrogens (primary N) is 1. The molecule has 0 spiro atoms. The first-order chi connectivity index (χ1) is 12.0. The van der Waals surface area contributed by atoms with Crippen LogP contribution in [0, 0.1) is 0 Å². The third-order valence-electron chi connectivity index (χ3n) is 5.08. The molecule has 1 unspecified atom stereocenters. The van der Waals surface area contributed by atoms with Gasteiger partial charge < -0.3 is 19.5 Å². The first-order valence-electron chi connectivity index (χ1n) is 8.63. The molecule has 2 aromatic rings. The Bertz CT molecular complexity index is 872. The molecule has 6 nitrogen and oxygen atoms in total. The lowest BCUT2D eigenvalue weighted by Crippen LogP contribution is -2.53. The summed E-state index contributed by atoms with van der Waals surface area (Å²) in [7, 11) is -1.19. The van der Waals surface area contributed by atoms with Crippen molar-refractivity contribution in [3.8, 4) is 0 Å². The minimum atomic E-state index is -2.54. The Balaban J connectivity index is 2.47. The number of nitrogens with zero attached hydrogens (tertiary/aromatic N) is 1. The molecule has 0 aliphatic carbocycles. The lowest BCUT2D eigenvalue weighted by atomic mass is 10.1. The Morgan fingerprint density at radius 3 is 2.50 bits per heavy atom. The van der Waals surface area contributed by atoms with Crippen molar-refractivity contribution < 1.29 is 14.0 Å². The Labute approximate surface area is 155 Å². The van der Waals surface area contributed by atoms with Crippen LogP contribution >= 0.6 is 0 Å². The molecular formula is C19H28N2O4Si. The Hall–Kier alpha value is -2.12. The van der Waals surface area contributed by atoms with Gasteiger partial charge in [-0.05, 0) is 36.7 Å². The van der Waals surface area contributed by atoms with E-state index in [0.717, 1.165) is 5.39 Å². The number of carbonyl (C=O) groups is 1. The number of esters is 1. The number of pyridine rings is 1. The molecule has 0 fully saturated rings. The van der Waals surface area contributed by atoms with Gasteiger partial charge in [-0.1, -0.05) is 26.8 Å². The van der Waals surface area contributed by atoms with Crippen molar-refractivity contribution in [2.75, 3.05) is 12.8 Å². The number of anilines is 1. The number of fused-ring (bicyclic) bond motifs is 1. The monoisotopic (exact) mass is 376 g/mol. The van der Waals surface area contributed by atoms with Crippen LogP contribution in [0.4, 0.5) is 5.69 Å². The van der Waals surface area contributed by atoms with Gasteiger partial charge in [0.2, 0.25) is 8.32 Å². The highest BCUT2D eigenvalue weighted by Gasteiger charge is 2.45. The van der Waals surface area contributed by atoms with Crippen LogP contribution in [0.1, 0.15) is 27.7 Å². The van der Waals surface area contributed by atoms with Crippen molar-refractivity contribution in [3.63, 3.8) is 0 Å². The summed E-state index contributed by atoms with van der Waals surface area (Å²) in [5.41, 5.74) is 6.45. The number of aromatic nitrogens is 1. The zero-order chi connectivity index (χ0) is 19.7. The fourth-order valence-electron chi connectivity index (χ4n) is 2.85. The van der Waals surface area contributed by atoms with Gasteiger partial charge in [0.1, 0.15) is 6.10 Å². The minimum absolute atomic E-state index is 0.105. The highest BCUT2D eigenvalue weighted by atomic mass is 28.4. The number of benzene rings is 1. The van der Waals surface area contributed by atoms with Crippen LogP contribution in [-0.2, 0) is 20.1 Å². The molecule has 0 radical (unpaired) electrons. The second-order valence-corrected chi connectivity index (χ2v) is 12.3. The van der Waals surface area contributed by atoms with E-state index in [1.54, 1.807) is 35.9 Å². The molecule has 0 saturated heterocycles. The zero-order valence-corrected chi connectivity index (χ0v) is 17.3. The first-order valence-corrected chi connectivity index (χ1v) is 11.2. The van der Waals surface area contributed by atoms with E-state index in [9.17, 15) is 9.59 Å². The summed E-state index contributed by atoms with van der Waals surface area (Å²) in [5, 5.41) is 1.13.